The maximum absolute atomic E-state index is 11.0. The molecule has 1 aromatic carbocycles. The topological polar surface area (TPSA) is 63.6 Å². The van der Waals surface area contributed by atoms with Gasteiger partial charge in [0.05, 0.1) is 5.56 Å². The van der Waals surface area contributed by atoms with Gasteiger partial charge in [-0.1, -0.05) is 17.7 Å². The average Bonchev–Trinajstić information content (AvgIpc) is 2.04. The summed E-state index contributed by atoms with van der Waals surface area (Å²) in [7, 11) is 0. The summed E-state index contributed by atoms with van der Waals surface area (Å²) in [5.41, 5.74) is 1.22. The number of hydrogen-bond acceptors (Lipinski definition) is 3. The average molecular weight is 180 g/mol. The first-order valence-electron chi connectivity index (χ1n) is 3.61. The Hall–Kier alpha value is -1.84. The number of rotatable bonds is 1. The van der Waals surface area contributed by atoms with E-state index in [0.29, 0.717) is 0 Å². The van der Waals surface area contributed by atoms with E-state index in [4.69, 9.17) is 5.11 Å². The standard InChI is InChI=1S/C9H8O4/c1-6-2-4-7(5-3-6)8(10)13-9(11)12/h2-5H,1H3,(H,11,12). The van der Waals surface area contributed by atoms with Gasteiger partial charge in [-0.3, -0.25) is 0 Å². The lowest BCUT2D eigenvalue weighted by atomic mass is 10.2. The molecule has 13 heavy (non-hydrogen) atoms. The van der Waals surface area contributed by atoms with E-state index in [1.807, 2.05) is 6.92 Å². The molecule has 1 aromatic rings. The van der Waals surface area contributed by atoms with Crippen molar-refractivity contribution in [3.05, 3.63) is 35.4 Å². The molecular weight excluding hydrogens is 172 g/mol. The molecule has 0 aliphatic heterocycles. The van der Waals surface area contributed by atoms with Gasteiger partial charge >= 0.3 is 12.1 Å². The zero-order valence-electron chi connectivity index (χ0n) is 6.98. The van der Waals surface area contributed by atoms with Gasteiger partial charge in [0.15, 0.2) is 0 Å². The van der Waals surface area contributed by atoms with Gasteiger partial charge in [0, 0.05) is 0 Å². The maximum Gasteiger partial charge on any atom is 0.513 e. The Balaban J connectivity index is 2.78. The van der Waals surface area contributed by atoms with Crippen LogP contribution in [0.3, 0.4) is 0 Å². The highest BCUT2D eigenvalue weighted by Gasteiger charge is 2.10. The van der Waals surface area contributed by atoms with Crippen molar-refractivity contribution in [3.8, 4) is 0 Å². The second-order valence-electron chi connectivity index (χ2n) is 2.52. The lowest BCUT2D eigenvalue weighted by Gasteiger charge is -1.98. The van der Waals surface area contributed by atoms with Crippen molar-refractivity contribution in [2.75, 3.05) is 0 Å². The van der Waals surface area contributed by atoms with Crippen molar-refractivity contribution in [1.29, 1.82) is 0 Å². The summed E-state index contributed by atoms with van der Waals surface area (Å²) in [5, 5.41) is 8.16. The molecule has 1 rings (SSSR count). The largest absolute Gasteiger partial charge is 0.513 e. The highest BCUT2D eigenvalue weighted by Crippen LogP contribution is 2.04. The Morgan fingerprint density at radius 1 is 1.23 bits per heavy atom. The molecule has 4 nitrogen and oxygen atoms in total. The van der Waals surface area contributed by atoms with Gasteiger partial charge in [0.25, 0.3) is 0 Å². The number of carbonyl (C=O) groups excluding carboxylic acids is 1. The zero-order chi connectivity index (χ0) is 9.84. The van der Waals surface area contributed by atoms with Crippen LogP contribution in [0.15, 0.2) is 24.3 Å². The molecule has 0 aliphatic rings. The van der Waals surface area contributed by atoms with Crippen LogP contribution in [0.4, 0.5) is 4.79 Å². The fraction of sp³-hybridized carbons (Fsp3) is 0.111. The smallest absolute Gasteiger partial charge is 0.449 e. The van der Waals surface area contributed by atoms with Gasteiger partial charge in [-0.05, 0) is 19.1 Å². The first-order valence-corrected chi connectivity index (χ1v) is 3.61. The number of carbonyl (C=O) groups is 2. The minimum absolute atomic E-state index is 0.230. The van der Waals surface area contributed by atoms with Crippen LogP contribution in [0.5, 0.6) is 0 Å². The number of aryl methyl sites for hydroxylation is 1. The van der Waals surface area contributed by atoms with Gasteiger partial charge in [-0.15, -0.1) is 0 Å². The van der Waals surface area contributed by atoms with E-state index in [1.165, 1.54) is 12.1 Å². The molecule has 68 valence electrons. The van der Waals surface area contributed by atoms with E-state index in [1.54, 1.807) is 12.1 Å². The number of benzene rings is 1. The molecular formula is C9H8O4. The molecule has 0 bridgehead atoms. The zero-order valence-corrected chi connectivity index (χ0v) is 6.98. The second kappa shape index (κ2) is 3.71. The van der Waals surface area contributed by atoms with Crippen LogP contribution < -0.4 is 0 Å². The molecule has 0 saturated heterocycles. The van der Waals surface area contributed by atoms with Gasteiger partial charge in [-0.25, -0.2) is 9.59 Å². The van der Waals surface area contributed by atoms with Gasteiger partial charge in [-0.2, -0.15) is 0 Å². The molecule has 0 radical (unpaired) electrons. The summed E-state index contributed by atoms with van der Waals surface area (Å²) in [5.74, 6) is -0.854. The van der Waals surface area contributed by atoms with Crippen LogP contribution in [-0.2, 0) is 4.74 Å². The van der Waals surface area contributed by atoms with E-state index in [9.17, 15) is 9.59 Å². The molecule has 1 N–H and O–H groups in total. The molecule has 0 amide bonds. The Morgan fingerprint density at radius 3 is 2.23 bits per heavy atom. The molecule has 4 heteroatoms. The first kappa shape index (κ1) is 9.25. The molecule has 0 saturated carbocycles. The van der Waals surface area contributed by atoms with Crippen LogP contribution in [0.1, 0.15) is 15.9 Å². The summed E-state index contributed by atoms with van der Waals surface area (Å²) in [6.07, 6.45) is -1.59. The summed E-state index contributed by atoms with van der Waals surface area (Å²) in [4.78, 5) is 21.0. The second-order valence-corrected chi connectivity index (χ2v) is 2.52. The minimum atomic E-state index is -1.59. The number of hydrogen-bond donors (Lipinski definition) is 1. The third kappa shape index (κ3) is 2.59. The van der Waals surface area contributed by atoms with Gasteiger partial charge in [0.2, 0.25) is 0 Å². The minimum Gasteiger partial charge on any atom is -0.449 e. The third-order valence-corrected chi connectivity index (χ3v) is 1.47. The predicted molar refractivity (Wildman–Crippen MR) is 44.6 cm³/mol. The van der Waals surface area contributed by atoms with Gasteiger partial charge in [0.1, 0.15) is 0 Å². The quantitative estimate of drug-likeness (QED) is 0.529. The molecule has 0 spiro atoms. The predicted octanol–water partition coefficient (Wildman–Crippen LogP) is 1.83. The summed E-state index contributed by atoms with van der Waals surface area (Å²) in [6.45, 7) is 1.87. The lowest BCUT2D eigenvalue weighted by molar-refractivity contribution is 0.0509. The van der Waals surface area contributed by atoms with E-state index < -0.39 is 12.1 Å². The van der Waals surface area contributed by atoms with Gasteiger partial charge < -0.3 is 9.84 Å². The van der Waals surface area contributed by atoms with Crippen molar-refractivity contribution < 1.29 is 19.4 Å². The van der Waals surface area contributed by atoms with Crippen LogP contribution in [0.2, 0.25) is 0 Å². The van der Waals surface area contributed by atoms with Crippen molar-refractivity contribution in [1.82, 2.24) is 0 Å². The van der Waals surface area contributed by atoms with E-state index in [0.717, 1.165) is 5.56 Å². The summed E-state index contributed by atoms with van der Waals surface area (Å²) >= 11 is 0. The monoisotopic (exact) mass is 180 g/mol. The fourth-order valence-corrected chi connectivity index (χ4v) is 0.828. The molecule has 0 aromatic heterocycles. The Morgan fingerprint density at radius 2 is 1.77 bits per heavy atom. The number of esters is 1. The van der Waals surface area contributed by atoms with Crippen molar-refractivity contribution in [2.45, 2.75) is 6.92 Å². The number of carboxylic acid groups (broad SMARTS) is 1. The van der Waals surface area contributed by atoms with E-state index in [2.05, 4.69) is 4.74 Å². The van der Waals surface area contributed by atoms with Crippen molar-refractivity contribution >= 4 is 12.1 Å². The van der Waals surface area contributed by atoms with Crippen LogP contribution in [-0.4, -0.2) is 17.2 Å². The Bertz CT molecular complexity index is 326. The van der Waals surface area contributed by atoms with Crippen molar-refractivity contribution in [3.63, 3.8) is 0 Å². The molecule has 0 heterocycles. The molecule has 0 atom stereocenters. The maximum atomic E-state index is 11.0. The highest BCUT2D eigenvalue weighted by atomic mass is 16.7. The SMILES string of the molecule is Cc1ccc(C(=O)OC(=O)O)cc1. The highest BCUT2D eigenvalue weighted by molar-refractivity contribution is 5.94. The van der Waals surface area contributed by atoms with E-state index in [-0.39, 0.29) is 5.56 Å². The van der Waals surface area contributed by atoms with E-state index >= 15 is 0 Å². The summed E-state index contributed by atoms with van der Waals surface area (Å²) < 4.78 is 3.95. The molecule has 0 unspecified atom stereocenters. The first-order chi connectivity index (χ1) is 6.09. The molecule has 0 fully saturated rings. The Kier molecular flexibility index (Phi) is 2.64. The fourth-order valence-electron chi connectivity index (χ4n) is 0.828. The van der Waals surface area contributed by atoms with Crippen LogP contribution in [0, 0.1) is 6.92 Å². The normalized spacial score (nSPS) is 9.31. The van der Waals surface area contributed by atoms with Crippen molar-refractivity contribution in [2.24, 2.45) is 0 Å². The number of ether oxygens (including phenoxy) is 1. The lowest BCUT2D eigenvalue weighted by Crippen LogP contribution is -2.09. The summed E-state index contributed by atoms with van der Waals surface area (Å²) in [6, 6.07) is 6.44. The Labute approximate surface area is 74.8 Å². The third-order valence-electron chi connectivity index (χ3n) is 1.47. The van der Waals surface area contributed by atoms with Crippen LogP contribution >= 0.6 is 0 Å². The van der Waals surface area contributed by atoms with Crippen LogP contribution in [0.25, 0.3) is 0 Å². The molecule has 0 aliphatic carbocycles.